The van der Waals surface area contributed by atoms with Crippen LogP contribution in [0.4, 0.5) is 0 Å². The summed E-state index contributed by atoms with van der Waals surface area (Å²) in [5.41, 5.74) is 0.227. The zero-order chi connectivity index (χ0) is 29.8. The Morgan fingerprint density at radius 2 is 1.56 bits per heavy atom. The first-order valence-electron chi connectivity index (χ1n) is 14.1. The number of carbonyl (C=O) groups excluding carboxylic acids is 3. The normalized spacial score (nSPS) is 13.6. The Bertz CT molecular complexity index is 1190. The number of fused-ring (bicyclic) bond motifs is 1. The summed E-state index contributed by atoms with van der Waals surface area (Å²) in [6.45, 7) is 6.82. The Kier molecular flexibility index (Phi) is 12.6. The molecule has 10 heteroatoms. The number of ketones is 1. The summed E-state index contributed by atoms with van der Waals surface area (Å²) in [5, 5.41) is 0.888. The molecule has 0 saturated heterocycles. The highest BCUT2D eigenvalue weighted by molar-refractivity contribution is 6.42. The molecule has 1 aliphatic rings. The SMILES string of the molecule is CCCc1c(OCCCOc2ccc(Cl)c(Cl)c2)ccc2c1OC(CCC(=O)OCC)(CCC(=O)OCC)CC2=O. The minimum absolute atomic E-state index is 0.0522. The number of hydrogen-bond acceptors (Lipinski definition) is 8. The molecule has 224 valence electrons. The Balaban J connectivity index is 1.77. The molecule has 0 amide bonds. The standard InChI is InChI=1S/C31H38Cl2O8/c1-4-8-23-27(40-18-7-17-39-21-9-11-24(32)25(33)19-21)12-10-22-26(34)20-31(41-30(22)23,15-13-28(35)37-5-2)16-14-29(36)38-6-3/h9-12,19H,4-8,13-18,20H2,1-3H3. The predicted octanol–water partition coefficient (Wildman–Crippen LogP) is 7.18. The van der Waals surface area contributed by atoms with Gasteiger partial charge in [0.2, 0.25) is 0 Å². The van der Waals surface area contributed by atoms with E-state index >= 15 is 0 Å². The maximum absolute atomic E-state index is 13.4. The van der Waals surface area contributed by atoms with E-state index in [1.54, 1.807) is 44.2 Å². The van der Waals surface area contributed by atoms with E-state index in [-0.39, 0.29) is 63.0 Å². The fraction of sp³-hybridized carbons (Fsp3) is 0.516. The first-order valence-corrected chi connectivity index (χ1v) is 14.9. The van der Waals surface area contributed by atoms with Crippen molar-refractivity contribution in [2.45, 2.75) is 77.7 Å². The summed E-state index contributed by atoms with van der Waals surface area (Å²) in [5.74, 6) is 0.851. The van der Waals surface area contributed by atoms with Crippen molar-refractivity contribution in [2.75, 3.05) is 26.4 Å². The molecule has 0 aliphatic carbocycles. The van der Waals surface area contributed by atoms with Gasteiger partial charge in [-0.2, -0.15) is 0 Å². The molecule has 1 aliphatic heterocycles. The lowest BCUT2D eigenvalue weighted by Gasteiger charge is -2.39. The summed E-state index contributed by atoms with van der Waals surface area (Å²) in [6.07, 6.45) is 2.68. The van der Waals surface area contributed by atoms with Crippen LogP contribution in [0.25, 0.3) is 0 Å². The van der Waals surface area contributed by atoms with Gasteiger partial charge >= 0.3 is 11.9 Å². The van der Waals surface area contributed by atoms with Crippen molar-refractivity contribution >= 4 is 40.9 Å². The predicted molar refractivity (Wildman–Crippen MR) is 157 cm³/mol. The molecule has 2 aromatic rings. The highest BCUT2D eigenvalue weighted by atomic mass is 35.5. The number of rotatable bonds is 16. The monoisotopic (exact) mass is 608 g/mol. The Morgan fingerprint density at radius 3 is 2.17 bits per heavy atom. The Hall–Kier alpha value is -2.97. The van der Waals surface area contributed by atoms with Gasteiger partial charge in [0, 0.05) is 30.9 Å². The maximum atomic E-state index is 13.4. The zero-order valence-corrected chi connectivity index (χ0v) is 25.4. The fourth-order valence-electron chi connectivity index (χ4n) is 4.74. The van der Waals surface area contributed by atoms with Crippen LogP contribution in [0.15, 0.2) is 30.3 Å². The number of hydrogen-bond donors (Lipinski definition) is 0. The first-order chi connectivity index (χ1) is 19.7. The van der Waals surface area contributed by atoms with Gasteiger partial charge in [0.05, 0.1) is 48.5 Å². The van der Waals surface area contributed by atoms with Crippen LogP contribution in [0, 0.1) is 0 Å². The second-order valence-electron chi connectivity index (χ2n) is 9.79. The van der Waals surface area contributed by atoms with Gasteiger partial charge in [0.25, 0.3) is 0 Å². The van der Waals surface area contributed by atoms with Gasteiger partial charge in [-0.3, -0.25) is 14.4 Å². The van der Waals surface area contributed by atoms with Crippen LogP contribution in [0.2, 0.25) is 10.0 Å². The third kappa shape index (κ3) is 9.27. The van der Waals surface area contributed by atoms with E-state index in [1.165, 1.54) is 0 Å². The van der Waals surface area contributed by atoms with Gasteiger partial charge in [-0.1, -0.05) is 36.5 Å². The zero-order valence-electron chi connectivity index (χ0n) is 23.9. The fourth-order valence-corrected chi connectivity index (χ4v) is 5.02. The summed E-state index contributed by atoms with van der Waals surface area (Å²) in [6, 6.07) is 8.62. The van der Waals surface area contributed by atoms with Crippen molar-refractivity contribution in [3.8, 4) is 17.2 Å². The van der Waals surface area contributed by atoms with Crippen LogP contribution in [0.3, 0.4) is 0 Å². The molecule has 8 nitrogen and oxygen atoms in total. The molecule has 3 rings (SSSR count). The summed E-state index contributed by atoms with van der Waals surface area (Å²) >= 11 is 12.0. The van der Waals surface area contributed by atoms with E-state index in [0.29, 0.717) is 58.9 Å². The molecule has 0 fully saturated rings. The van der Waals surface area contributed by atoms with Gasteiger partial charge in [0.15, 0.2) is 5.78 Å². The molecule has 2 aromatic carbocycles. The second-order valence-corrected chi connectivity index (χ2v) is 10.6. The van der Waals surface area contributed by atoms with Crippen LogP contribution in [-0.4, -0.2) is 49.8 Å². The van der Waals surface area contributed by atoms with Crippen LogP contribution in [0.1, 0.15) is 81.6 Å². The summed E-state index contributed by atoms with van der Waals surface area (Å²) in [7, 11) is 0. The molecule has 0 aromatic heterocycles. The van der Waals surface area contributed by atoms with E-state index in [2.05, 4.69) is 0 Å². The molecule has 41 heavy (non-hydrogen) atoms. The van der Waals surface area contributed by atoms with Crippen molar-refractivity contribution in [3.05, 3.63) is 51.5 Å². The smallest absolute Gasteiger partial charge is 0.305 e. The lowest BCUT2D eigenvalue weighted by Crippen LogP contribution is -2.43. The number of ether oxygens (including phenoxy) is 5. The minimum atomic E-state index is -1.04. The number of carbonyl (C=O) groups is 3. The van der Waals surface area contributed by atoms with Gasteiger partial charge in [0.1, 0.15) is 22.8 Å². The van der Waals surface area contributed by atoms with Crippen LogP contribution in [-0.2, 0) is 25.5 Å². The van der Waals surface area contributed by atoms with Crippen LogP contribution in [0.5, 0.6) is 17.2 Å². The van der Waals surface area contributed by atoms with E-state index < -0.39 is 5.60 Å². The lowest BCUT2D eigenvalue weighted by molar-refractivity contribution is -0.145. The lowest BCUT2D eigenvalue weighted by atomic mass is 9.82. The maximum Gasteiger partial charge on any atom is 0.305 e. The average molecular weight is 610 g/mol. The molecule has 0 unspecified atom stereocenters. The molecule has 1 heterocycles. The van der Waals surface area contributed by atoms with Gasteiger partial charge in [-0.15, -0.1) is 0 Å². The molecule has 0 N–H and O–H groups in total. The molecule has 0 saturated carbocycles. The van der Waals surface area contributed by atoms with Crippen molar-refractivity contribution in [3.63, 3.8) is 0 Å². The van der Waals surface area contributed by atoms with Crippen molar-refractivity contribution in [1.29, 1.82) is 0 Å². The highest BCUT2D eigenvalue weighted by Crippen LogP contribution is 2.44. The van der Waals surface area contributed by atoms with E-state index in [1.807, 2.05) is 6.92 Å². The summed E-state index contributed by atoms with van der Waals surface area (Å²) in [4.78, 5) is 37.8. The van der Waals surface area contributed by atoms with Crippen LogP contribution < -0.4 is 14.2 Å². The Morgan fingerprint density at radius 1 is 0.902 bits per heavy atom. The van der Waals surface area contributed by atoms with Crippen LogP contribution >= 0.6 is 23.2 Å². The number of esters is 2. The quantitative estimate of drug-likeness (QED) is 0.146. The van der Waals surface area contributed by atoms with E-state index in [0.717, 1.165) is 12.0 Å². The van der Waals surface area contributed by atoms with E-state index in [4.69, 9.17) is 46.9 Å². The number of halogens is 2. The largest absolute Gasteiger partial charge is 0.493 e. The molecule has 0 radical (unpaired) electrons. The summed E-state index contributed by atoms with van der Waals surface area (Å²) < 4.78 is 28.7. The topological polar surface area (TPSA) is 97.4 Å². The van der Waals surface area contributed by atoms with Crippen molar-refractivity contribution in [2.24, 2.45) is 0 Å². The number of Topliss-reactive ketones (excluding diaryl/α,β-unsaturated/α-hetero) is 1. The third-order valence-corrected chi connectivity index (χ3v) is 7.44. The molecular formula is C31H38Cl2O8. The molecule has 0 spiro atoms. The van der Waals surface area contributed by atoms with E-state index in [9.17, 15) is 14.4 Å². The van der Waals surface area contributed by atoms with Gasteiger partial charge in [-0.05, 0) is 57.4 Å². The first kappa shape index (κ1) is 32.5. The molecular weight excluding hydrogens is 571 g/mol. The highest BCUT2D eigenvalue weighted by Gasteiger charge is 2.42. The van der Waals surface area contributed by atoms with Gasteiger partial charge < -0.3 is 23.7 Å². The van der Waals surface area contributed by atoms with Crippen molar-refractivity contribution < 1.29 is 38.1 Å². The number of benzene rings is 2. The van der Waals surface area contributed by atoms with Crippen molar-refractivity contribution in [1.82, 2.24) is 0 Å². The Labute approximate surface area is 251 Å². The third-order valence-electron chi connectivity index (χ3n) is 6.71. The molecule has 0 bridgehead atoms. The minimum Gasteiger partial charge on any atom is -0.493 e. The van der Waals surface area contributed by atoms with Gasteiger partial charge in [-0.25, -0.2) is 0 Å². The average Bonchev–Trinajstić information content (AvgIpc) is 2.94. The second kappa shape index (κ2) is 15.9. The molecule has 0 atom stereocenters.